The molecule has 1 fully saturated rings. The maximum Gasteiger partial charge on any atom is 0.272 e. The van der Waals surface area contributed by atoms with Gasteiger partial charge in [-0.05, 0) is 23.8 Å². The SMILES string of the molecule is C=C(NC(=O)C(=C)n1cnc2c(-c3ccc4c(c3)OCC(=O)N4C)cccc2c1=O)C(=O)N1CCS(=O)(=O)CC1. The Morgan fingerprint density at radius 2 is 1.80 bits per heavy atom. The van der Waals surface area contributed by atoms with E-state index in [0.29, 0.717) is 28.1 Å². The molecule has 5 rings (SSSR count). The van der Waals surface area contributed by atoms with Crippen LogP contribution < -0.4 is 20.5 Å². The van der Waals surface area contributed by atoms with Gasteiger partial charge in [0.25, 0.3) is 23.3 Å². The minimum atomic E-state index is -3.19. The maximum absolute atomic E-state index is 13.4. The number of fused-ring (bicyclic) bond motifs is 2. The van der Waals surface area contributed by atoms with E-state index in [-0.39, 0.29) is 53.9 Å². The lowest BCUT2D eigenvalue weighted by Gasteiger charge is -2.27. The van der Waals surface area contributed by atoms with Crippen LogP contribution in [0.5, 0.6) is 5.75 Å². The fourth-order valence-corrected chi connectivity index (χ4v) is 5.70. The van der Waals surface area contributed by atoms with Crippen LogP contribution >= 0.6 is 0 Å². The molecule has 0 spiro atoms. The summed E-state index contributed by atoms with van der Waals surface area (Å²) >= 11 is 0. The van der Waals surface area contributed by atoms with Gasteiger partial charge in [-0.1, -0.05) is 31.4 Å². The molecule has 13 heteroatoms. The van der Waals surface area contributed by atoms with Gasteiger partial charge in [0.15, 0.2) is 16.4 Å². The summed E-state index contributed by atoms with van der Waals surface area (Å²) in [6.45, 7) is 7.21. The molecule has 0 bridgehead atoms. The van der Waals surface area contributed by atoms with E-state index in [4.69, 9.17) is 4.74 Å². The third kappa shape index (κ3) is 4.86. The molecule has 0 saturated carbocycles. The average molecular weight is 564 g/mol. The van der Waals surface area contributed by atoms with E-state index in [9.17, 15) is 27.6 Å². The molecule has 3 aromatic rings. The van der Waals surface area contributed by atoms with Crippen LogP contribution in [0.3, 0.4) is 0 Å². The van der Waals surface area contributed by atoms with Gasteiger partial charge in [-0.3, -0.25) is 23.7 Å². The Balaban J connectivity index is 1.38. The number of sulfone groups is 1. The molecule has 12 nitrogen and oxygen atoms in total. The van der Waals surface area contributed by atoms with Gasteiger partial charge < -0.3 is 19.9 Å². The van der Waals surface area contributed by atoms with Gasteiger partial charge in [0.2, 0.25) is 0 Å². The van der Waals surface area contributed by atoms with E-state index < -0.39 is 27.2 Å². The van der Waals surface area contributed by atoms with E-state index in [1.165, 1.54) is 16.1 Å². The third-order valence-corrected chi connectivity index (χ3v) is 8.46. The first-order valence-corrected chi connectivity index (χ1v) is 14.0. The van der Waals surface area contributed by atoms with Crippen molar-refractivity contribution in [1.29, 1.82) is 0 Å². The lowest BCUT2D eigenvalue weighted by atomic mass is 10.0. The summed E-state index contributed by atoms with van der Waals surface area (Å²) in [6, 6.07) is 10.4. The largest absolute Gasteiger partial charge is 0.482 e. The van der Waals surface area contributed by atoms with E-state index in [0.717, 1.165) is 4.57 Å². The lowest BCUT2D eigenvalue weighted by Crippen LogP contribution is -2.46. The van der Waals surface area contributed by atoms with E-state index >= 15 is 0 Å². The Hall–Kier alpha value is -4.78. The van der Waals surface area contributed by atoms with E-state index in [1.807, 2.05) is 0 Å². The molecule has 0 radical (unpaired) electrons. The second-order valence-electron chi connectivity index (χ2n) is 9.37. The molecule has 1 saturated heterocycles. The summed E-state index contributed by atoms with van der Waals surface area (Å²) in [5.74, 6) is -1.42. The first kappa shape index (κ1) is 26.8. The van der Waals surface area contributed by atoms with Crippen molar-refractivity contribution in [2.45, 2.75) is 0 Å². The minimum absolute atomic E-state index is 0.00143. The number of carbonyl (C=O) groups excluding carboxylic acids is 3. The Bertz CT molecular complexity index is 1780. The van der Waals surface area contributed by atoms with Gasteiger partial charge in [-0.15, -0.1) is 0 Å². The first-order chi connectivity index (χ1) is 19.0. The summed E-state index contributed by atoms with van der Waals surface area (Å²) in [6.07, 6.45) is 1.18. The first-order valence-electron chi connectivity index (χ1n) is 12.2. The van der Waals surface area contributed by atoms with Gasteiger partial charge in [-0.25, -0.2) is 13.4 Å². The van der Waals surface area contributed by atoms with Crippen molar-refractivity contribution in [3.8, 4) is 16.9 Å². The highest BCUT2D eigenvalue weighted by Crippen LogP contribution is 2.36. The van der Waals surface area contributed by atoms with Crippen molar-refractivity contribution in [3.63, 3.8) is 0 Å². The summed E-state index contributed by atoms with van der Waals surface area (Å²) in [4.78, 5) is 58.0. The topological polar surface area (TPSA) is 148 Å². The van der Waals surface area contributed by atoms with Gasteiger partial charge in [0, 0.05) is 25.7 Å². The Kier molecular flexibility index (Phi) is 6.75. The number of ether oxygens (including phenoxy) is 1. The molecule has 206 valence electrons. The smallest absolute Gasteiger partial charge is 0.272 e. The molecule has 2 aliphatic rings. The monoisotopic (exact) mass is 563 g/mol. The van der Waals surface area contributed by atoms with Crippen molar-refractivity contribution in [2.24, 2.45) is 0 Å². The van der Waals surface area contributed by atoms with Crippen LogP contribution in [0.2, 0.25) is 0 Å². The molecular weight excluding hydrogens is 538 g/mol. The number of hydrogen-bond donors (Lipinski definition) is 1. The van der Waals surface area contributed by atoms with Crippen LogP contribution in [0.25, 0.3) is 27.7 Å². The van der Waals surface area contributed by atoms with Crippen LogP contribution in [0.1, 0.15) is 0 Å². The fourth-order valence-electron chi connectivity index (χ4n) is 4.50. The molecule has 0 atom stereocenters. The number of aromatic nitrogens is 2. The Labute approximate surface area is 229 Å². The van der Waals surface area contributed by atoms with E-state index in [1.54, 1.807) is 43.4 Å². The standard InChI is InChI=1S/C27H25N5O7S/c1-16(26(35)31-9-11-40(37,38)12-10-31)29-25(34)17(2)32-15-28-24-19(5-4-6-20(24)27(32)36)18-7-8-21-22(13-18)39-14-23(33)30(21)3/h4-8,13,15H,1-2,9-12,14H2,3H3,(H,29,34). The average Bonchev–Trinajstić information content (AvgIpc) is 2.94. The number of nitrogens with zero attached hydrogens (tertiary/aromatic N) is 4. The summed E-state index contributed by atoms with van der Waals surface area (Å²) in [7, 11) is -1.52. The third-order valence-electron chi connectivity index (χ3n) is 6.85. The Morgan fingerprint density at radius 1 is 1.07 bits per heavy atom. The zero-order chi connectivity index (χ0) is 28.8. The number of para-hydroxylation sites is 1. The van der Waals surface area contributed by atoms with Crippen molar-refractivity contribution in [3.05, 3.63) is 71.9 Å². The highest BCUT2D eigenvalue weighted by Gasteiger charge is 2.28. The van der Waals surface area contributed by atoms with Crippen molar-refractivity contribution in [1.82, 2.24) is 19.8 Å². The molecule has 0 unspecified atom stereocenters. The maximum atomic E-state index is 13.4. The predicted octanol–water partition coefficient (Wildman–Crippen LogP) is 0.776. The highest BCUT2D eigenvalue weighted by atomic mass is 32.2. The minimum Gasteiger partial charge on any atom is -0.482 e. The number of benzene rings is 2. The van der Waals surface area contributed by atoms with Gasteiger partial charge in [-0.2, -0.15) is 0 Å². The fraction of sp³-hybridized carbons (Fsp3) is 0.222. The van der Waals surface area contributed by atoms with Gasteiger partial charge >= 0.3 is 0 Å². The number of hydrogen-bond acceptors (Lipinski definition) is 8. The number of amides is 3. The van der Waals surface area contributed by atoms with Crippen LogP contribution in [0, 0.1) is 0 Å². The molecule has 2 aromatic carbocycles. The van der Waals surface area contributed by atoms with Crippen LogP contribution in [0.4, 0.5) is 5.69 Å². The molecule has 1 aromatic heterocycles. The summed E-state index contributed by atoms with van der Waals surface area (Å²) < 4.78 is 29.8. The zero-order valence-electron chi connectivity index (χ0n) is 21.5. The molecular formula is C27H25N5O7S. The summed E-state index contributed by atoms with van der Waals surface area (Å²) in [5, 5.41) is 2.57. The lowest BCUT2D eigenvalue weighted by molar-refractivity contribution is -0.128. The van der Waals surface area contributed by atoms with Crippen molar-refractivity contribution < 1.29 is 27.5 Å². The second-order valence-corrected chi connectivity index (χ2v) is 11.7. The number of likely N-dealkylation sites (N-methyl/N-ethyl adjacent to an activating group) is 1. The molecule has 40 heavy (non-hydrogen) atoms. The van der Waals surface area contributed by atoms with Crippen LogP contribution in [-0.4, -0.2) is 78.8 Å². The van der Waals surface area contributed by atoms with Gasteiger partial charge in [0.1, 0.15) is 17.8 Å². The number of anilines is 1. The summed E-state index contributed by atoms with van der Waals surface area (Å²) in [5.41, 5.74) is 1.27. The van der Waals surface area contributed by atoms with E-state index in [2.05, 4.69) is 23.5 Å². The number of rotatable bonds is 5. The van der Waals surface area contributed by atoms with Crippen LogP contribution in [0.15, 0.2) is 66.4 Å². The van der Waals surface area contributed by atoms with Crippen LogP contribution in [-0.2, 0) is 24.2 Å². The molecule has 3 amide bonds. The Morgan fingerprint density at radius 3 is 2.52 bits per heavy atom. The van der Waals surface area contributed by atoms with Crippen molar-refractivity contribution >= 4 is 49.8 Å². The molecule has 2 aliphatic heterocycles. The predicted molar refractivity (Wildman–Crippen MR) is 148 cm³/mol. The van der Waals surface area contributed by atoms with Gasteiger partial charge in [0.05, 0.1) is 33.8 Å². The zero-order valence-corrected chi connectivity index (χ0v) is 22.4. The van der Waals surface area contributed by atoms with Crippen molar-refractivity contribution in [2.75, 3.05) is 43.1 Å². The molecule has 1 N–H and O–H groups in total. The molecule has 3 heterocycles. The molecule has 0 aliphatic carbocycles. The normalized spacial score (nSPS) is 16.2. The number of carbonyl (C=O) groups is 3. The second kappa shape index (κ2) is 10.1. The highest BCUT2D eigenvalue weighted by molar-refractivity contribution is 7.91. The number of nitrogens with one attached hydrogen (secondary N) is 1. The quantitative estimate of drug-likeness (QED) is 0.448.